The van der Waals surface area contributed by atoms with Gasteiger partial charge in [-0.2, -0.15) is 0 Å². The quantitative estimate of drug-likeness (QED) is 0.488. The van der Waals surface area contributed by atoms with E-state index in [9.17, 15) is 4.39 Å². The van der Waals surface area contributed by atoms with E-state index in [0.29, 0.717) is 15.3 Å². The molecule has 0 bridgehead atoms. The largest absolute Gasteiger partial charge is 0.211 e. The van der Waals surface area contributed by atoms with Gasteiger partial charge in [0.25, 0.3) is 0 Å². The van der Waals surface area contributed by atoms with Gasteiger partial charge >= 0.3 is 0 Å². The summed E-state index contributed by atoms with van der Waals surface area (Å²) in [5.41, 5.74) is 1.62. The number of para-hydroxylation sites is 1. The Morgan fingerprint density at radius 1 is 1.10 bits per heavy atom. The lowest BCUT2D eigenvalue weighted by molar-refractivity contribution is 0.617. The van der Waals surface area contributed by atoms with Gasteiger partial charge in [0.15, 0.2) is 8.29 Å². The summed E-state index contributed by atoms with van der Waals surface area (Å²) < 4.78 is 16.9. The molecule has 0 aliphatic rings. The molecule has 1 heterocycles. The molecule has 0 saturated heterocycles. The van der Waals surface area contributed by atoms with Crippen LogP contribution in [0.4, 0.5) is 4.39 Å². The van der Waals surface area contributed by atoms with E-state index >= 15 is 0 Å². The molecule has 0 aliphatic carbocycles. The molecule has 0 unspecified atom stereocenters. The molecule has 3 aromatic rings. The normalized spacial score (nSPS) is 10.7. The third kappa shape index (κ3) is 3.40. The zero-order valence-electron chi connectivity index (χ0n) is 10.9. The van der Waals surface area contributed by atoms with E-state index in [2.05, 4.69) is 5.10 Å². The first-order valence-electron chi connectivity index (χ1n) is 6.26. The van der Waals surface area contributed by atoms with Gasteiger partial charge in [0, 0.05) is 5.75 Å². The van der Waals surface area contributed by atoms with Crippen molar-refractivity contribution in [3.05, 3.63) is 69.9 Å². The van der Waals surface area contributed by atoms with Crippen molar-refractivity contribution in [3.63, 3.8) is 0 Å². The Labute approximate surface area is 135 Å². The minimum atomic E-state index is -0.184. The molecular formula is C15H11FN2S3. The number of benzene rings is 2. The summed E-state index contributed by atoms with van der Waals surface area (Å²) >= 11 is 8.28. The summed E-state index contributed by atoms with van der Waals surface area (Å²) in [5, 5.41) is 4.50. The maximum Gasteiger partial charge on any atom is 0.184 e. The van der Waals surface area contributed by atoms with Crippen LogP contribution in [0.5, 0.6) is 0 Å². The first-order valence-corrected chi connectivity index (χ1v) is 8.47. The second-order valence-corrected chi connectivity index (χ2v) is 7.11. The lowest BCUT2D eigenvalue weighted by Gasteiger charge is -2.01. The standard InChI is InChI=1S/C15H11FN2S3/c16-13-9-5-4-6-11(13)10-20-14-17-18(15(19)21-14)12-7-2-1-3-8-12/h1-9H,10H2. The van der Waals surface area contributed by atoms with Crippen LogP contribution in [0.15, 0.2) is 58.9 Å². The molecule has 0 spiro atoms. The molecule has 3 rings (SSSR count). The topological polar surface area (TPSA) is 17.8 Å². The molecule has 21 heavy (non-hydrogen) atoms. The van der Waals surface area contributed by atoms with Crippen molar-refractivity contribution < 1.29 is 4.39 Å². The van der Waals surface area contributed by atoms with Crippen molar-refractivity contribution in [2.24, 2.45) is 0 Å². The first kappa shape index (κ1) is 14.4. The van der Waals surface area contributed by atoms with Crippen LogP contribution in [0.3, 0.4) is 0 Å². The predicted octanol–water partition coefficient (Wildman–Crippen LogP) is 5.09. The van der Waals surface area contributed by atoms with Gasteiger partial charge in [-0.1, -0.05) is 59.5 Å². The van der Waals surface area contributed by atoms with Crippen molar-refractivity contribution in [3.8, 4) is 5.69 Å². The highest BCUT2D eigenvalue weighted by atomic mass is 32.2. The molecule has 0 N–H and O–H groups in total. The van der Waals surface area contributed by atoms with Gasteiger partial charge in [-0.15, -0.1) is 5.10 Å². The number of thioether (sulfide) groups is 1. The Hall–Kier alpha value is -1.50. The van der Waals surface area contributed by atoms with Crippen LogP contribution >= 0.6 is 35.3 Å². The number of rotatable bonds is 4. The zero-order valence-corrected chi connectivity index (χ0v) is 13.3. The van der Waals surface area contributed by atoms with Gasteiger partial charge < -0.3 is 0 Å². The fourth-order valence-corrected chi connectivity index (χ4v) is 4.15. The lowest BCUT2D eigenvalue weighted by atomic mass is 10.2. The van der Waals surface area contributed by atoms with E-state index in [4.69, 9.17) is 12.2 Å². The van der Waals surface area contributed by atoms with Crippen LogP contribution < -0.4 is 0 Å². The third-order valence-corrected chi connectivity index (χ3v) is 5.25. The highest BCUT2D eigenvalue weighted by Gasteiger charge is 2.08. The Kier molecular flexibility index (Phi) is 4.48. The minimum Gasteiger partial charge on any atom is -0.211 e. The average Bonchev–Trinajstić information content (AvgIpc) is 2.88. The van der Waals surface area contributed by atoms with Gasteiger partial charge in [0.2, 0.25) is 0 Å². The summed E-state index contributed by atoms with van der Waals surface area (Å²) in [7, 11) is 0. The van der Waals surface area contributed by atoms with Gasteiger partial charge in [0.05, 0.1) is 5.69 Å². The molecular weight excluding hydrogens is 323 g/mol. The fraction of sp³-hybridized carbons (Fsp3) is 0.0667. The lowest BCUT2D eigenvalue weighted by Crippen LogP contribution is -1.95. The third-order valence-electron chi connectivity index (χ3n) is 2.84. The van der Waals surface area contributed by atoms with Gasteiger partial charge in [-0.25, -0.2) is 9.07 Å². The SMILES string of the molecule is Fc1ccccc1CSc1nn(-c2ccccc2)c(=S)s1. The zero-order chi connectivity index (χ0) is 14.7. The molecule has 2 aromatic carbocycles. The summed E-state index contributed by atoms with van der Waals surface area (Å²) in [5.74, 6) is 0.361. The van der Waals surface area contributed by atoms with Gasteiger partial charge in [-0.05, 0) is 36.0 Å². The monoisotopic (exact) mass is 334 g/mol. The van der Waals surface area contributed by atoms with Crippen LogP contribution in [-0.2, 0) is 5.75 Å². The Balaban J connectivity index is 1.79. The molecule has 0 aliphatic heterocycles. The number of halogens is 1. The van der Waals surface area contributed by atoms with Crippen LogP contribution in [0.1, 0.15) is 5.56 Å². The molecule has 6 heteroatoms. The first-order chi connectivity index (χ1) is 10.2. The molecule has 0 amide bonds. The van der Waals surface area contributed by atoms with Crippen LogP contribution in [0, 0.1) is 9.77 Å². The summed E-state index contributed by atoms with van der Waals surface area (Å²) in [6, 6.07) is 16.6. The molecule has 0 fully saturated rings. The van der Waals surface area contributed by atoms with Crippen LogP contribution in [0.25, 0.3) is 5.69 Å². The molecule has 0 saturated carbocycles. The Bertz CT molecular complexity index is 796. The van der Waals surface area contributed by atoms with Crippen molar-refractivity contribution in [2.45, 2.75) is 10.1 Å². The smallest absolute Gasteiger partial charge is 0.184 e. The number of nitrogens with zero attached hydrogens (tertiary/aromatic N) is 2. The van der Waals surface area contributed by atoms with E-state index in [1.54, 1.807) is 16.8 Å². The highest BCUT2D eigenvalue weighted by Crippen LogP contribution is 2.27. The molecule has 0 radical (unpaired) electrons. The second kappa shape index (κ2) is 6.51. The summed E-state index contributed by atoms with van der Waals surface area (Å²) in [6.45, 7) is 0. The van der Waals surface area contributed by atoms with E-state index < -0.39 is 0 Å². The predicted molar refractivity (Wildman–Crippen MR) is 88.2 cm³/mol. The molecule has 1 aromatic heterocycles. The number of aromatic nitrogens is 2. The fourth-order valence-electron chi connectivity index (χ4n) is 1.81. The van der Waals surface area contributed by atoms with Crippen molar-refractivity contribution in [1.82, 2.24) is 9.78 Å². The minimum absolute atomic E-state index is 0.184. The van der Waals surface area contributed by atoms with Crippen molar-refractivity contribution in [1.29, 1.82) is 0 Å². The Morgan fingerprint density at radius 3 is 2.57 bits per heavy atom. The maximum atomic E-state index is 13.6. The molecule has 2 nitrogen and oxygen atoms in total. The molecule has 0 atom stereocenters. The second-order valence-electron chi connectivity index (χ2n) is 4.26. The highest BCUT2D eigenvalue weighted by molar-refractivity contribution is 8.00. The van der Waals surface area contributed by atoms with Crippen LogP contribution in [0.2, 0.25) is 0 Å². The summed E-state index contributed by atoms with van der Waals surface area (Å²) in [4.78, 5) is 0. The Morgan fingerprint density at radius 2 is 1.81 bits per heavy atom. The molecule has 106 valence electrons. The van der Waals surface area contributed by atoms with E-state index in [1.807, 2.05) is 36.4 Å². The van der Waals surface area contributed by atoms with Gasteiger partial charge in [-0.3, -0.25) is 0 Å². The maximum absolute atomic E-state index is 13.6. The van der Waals surface area contributed by atoms with Crippen molar-refractivity contribution in [2.75, 3.05) is 0 Å². The number of hydrogen-bond donors (Lipinski definition) is 0. The van der Waals surface area contributed by atoms with E-state index in [1.165, 1.54) is 29.2 Å². The van der Waals surface area contributed by atoms with Gasteiger partial charge in [0.1, 0.15) is 5.82 Å². The van der Waals surface area contributed by atoms with Crippen LogP contribution in [-0.4, -0.2) is 9.78 Å². The average molecular weight is 334 g/mol. The van der Waals surface area contributed by atoms with E-state index in [0.717, 1.165) is 10.0 Å². The van der Waals surface area contributed by atoms with Crippen molar-refractivity contribution >= 4 is 35.3 Å². The van der Waals surface area contributed by atoms with E-state index in [-0.39, 0.29) is 5.82 Å². The number of hydrogen-bond acceptors (Lipinski definition) is 4. The summed E-state index contributed by atoms with van der Waals surface area (Å²) in [6.07, 6.45) is 0.